The first-order valence-corrected chi connectivity index (χ1v) is 11.1. The second kappa shape index (κ2) is 9.97. The van der Waals surface area contributed by atoms with Crippen molar-refractivity contribution in [2.75, 3.05) is 4.90 Å². The van der Waals surface area contributed by atoms with Gasteiger partial charge in [-0.2, -0.15) is 0 Å². The van der Waals surface area contributed by atoms with Gasteiger partial charge >= 0.3 is 0 Å². The largest absolute Gasteiger partial charge is 0.338 e. The molecule has 3 rings (SSSR count). The molecule has 1 saturated carbocycles. The van der Waals surface area contributed by atoms with Gasteiger partial charge in [0.2, 0.25) is 0 Å². The van der Waals surface area contributed by atoms with Crippen LogP contribution in [0.3, 0.4) is 0 Å². The molecule has 0 aromatic heterocycles. The van der Waals surface area contributed by atoms with Gasteiger partial charge in [-0.1, -0.05) is 82.3 Å². The summed E-state index contributed by atoms with van der Waals surface area (Å²) < 4.78 is 0. The van der Waals surface area contributed by atoms with Crippen LogP contribution in [0.25, 0.3) is 0 Å². The van der Waals surface area contributed by atoms with Crippen LogP contribution in [0.1, 0.15) is 78.1 Å². The van der Waals surface area contributed by atoms with E-state index in [0.29, 0.717) is 11.5 Å². The minimum Gasteiger partial charge on any atom is -0.338 e. The SMILES string of the molecule is CCCC(CCCC1(C)CCCCC1)N(c1ccccc1)c1ccccc1. The van der Waals surface area contributed by atoms with Gasteiger partial charge < -0.3 is 4.90 Å². The number of rotatable bonds is 9. The summed E-state index contributed by atoms with van der Waals surface area (Å²) in [5, 5.41) is 0. The van der Waals surface area contributed by atoms with Crippen LogP contribution in [-0.4, -0.2) is 6.04 Å². The maximum Gasteiger partial charge on any atom is 0.0413 e. The highest BCUT2D eigenvalue weighted by molar-refractivity contribution is 5.63. The molecule has 1 aliphatic carbocycles. The van der Waals surface area contributed by atoms with Crippen LogP contribution < -0.4 is 4.90 Å². The van der Waals surface area contributed by atoms with Crippen molar-refractivity contribution in [3.05, 3.63) is 60.7 Å². The van der Waals surface area contributed by atoms with Crippen molar-refractivity contribution in [2.24, 2.45) is 5.41 Å². The van der Waals surface area contributed by atoms with Crippen LogP contribution in [0.4, 0.5) is 11.4 Å². The fourth-order valence-electron chi connectivity index (χ4n) is 4.90. The molecule has 0 N–H and O–H groups in total. The van der Waals surface area contributed by atoms with Crippen LogP contribution in [-0.2, 0) is 0 Å². The van der Waals surface area contributed by atoms with Gasteiger partial charge in [0.25, 0.3) is 0 Å². The van der Waals surface area contributed by atoms with Gasteiger partial charge in [0.1, 0.15) is 0 Å². The lowest BCUT2D eigenvalue weighted by Gasteiger charge is -2.37. The van der Waals surface area contributed by atoms with Gasteiger partial charge in [0.15, 0.2) is 0 Å². The third-order valence-corrected chi connectivity index (χ3v) is 6.43. The van der Waals surface area contributed by atoms with Crippen molar-refractivity contribution < 1.29 is 0 Å². The average Bonchev–Trinajstić information content (AvgIpc) is 2.70. The lowest BCUT2D eigenvalue weighted by atomic mass is 9.72. The molecule has 0 saturated heterocycles. The lowest BCUT2D eigenvalue weighted by molar-refractivity contribution is 0.191. The maximum absolute atomic E-state index is 2.59. The molecular formula is C26H37N. The van der Waals surface area contributed by atoms with E-state index in [1.54, 1.807) is 0 Å². The first-order chi connectivity index (χ1) is 13.2. The van der Waals surface area contributed by atoms with Crippen molar-refractivity contribution >= 4 is 11.4 Å². The highest BCUT2D eigenvalue weighted by Crippen LogP contribution is 2.40. The lowest BCUT2D eigenvalue weighted by Crippen LogP contribution is -2.31. The number of para-hydroxylation sites is 2. The summed E-state index contributed by atoms with van der Waals surface area (Å²) in [5.41, 5.74) is 3.25. The van der Waals surface area contributed by atoms with E-state index in [1.165, 1.54) is 75.6 Å². The first kappa shape index (κ1) is 20.0. The van der Waals surface area contributed by atoms with Crippen LogP contribution in [0.5, 0.6) is 0 Å². The second-order valence-corrected chi connectivity index (χ2v) is 8.75. The van der Waals surface area contributed by atoms with E-state index < -0.39 is 0 Å². The molecule has 0 aliphatic heterocycles. The third-order valence-electron chi connectivity index (χ3n) is 6.43. The Balaban J connectivity index is 1.74. The predicted molar refractivity (Wildman–Crippen MR) is 119 cm³/mol. The molecule has 1 atom stereocenters. The minimum atomic E-state index is 0.576. The fraction of sp³-hybridized carbons (Fsp3) is 0.538. The molecule has 1 fully saturated rings. The van der Waals surface area contributed by atoms with Crippen molar-refractivity contribution in [2.45, 2.75) is 84.1 Å². The Morgan fingerprint density at radius 2 is 1.37 bits per heavy atom. The summed E-state index contributed by atoms with van der Waals surface area (Å²) in [4.78, 5) is 2.59. The summed E-state index contributed by atoms with van der Waals surface area (Å²) in [6.45, 7) is 4.86. The second-order valence-electron chi connectivity index (χ2n) is 8.75. The zero-order valence-electron chi connectivity index (χ0n) is 17.4. The smallest absolute Gasteiger partial charge is 0.0413 e. The van der Waals surface area contributed by atoms with Crippen molar-refractivity contribution in [3.8, 4) is 0 Å². The Bertz CT molecular complexity index is 603. The molecule has 1 nitrogen and oxygen atoms in total. The third kappa shape index (κ3) is 5.61. The topological polar surface area (TPSA) is 3.24 Å². The Morgan fingerprint density at radius 1 is 0.815 bits per heavy atom. The molecule has 146 valence electrons. The van der Waals surface area contributed by atoms with Gasteiger partial charge in [-0.3, -0.25) is 0 Å². The highest BCUT2D eigenvalue weighted by Gasteiger charge is 2.27. The Morgan fingerprint density at radius 3 is 1.89 bits per heavy atom. The summed E-state index contributed by atoms with van der Waals surface area (Å²) in [5.74, 6) is 0. The monoisotopic (exact) mass is 363 g/mol. The van der Waals surface area contributed by atoms with E-state index in [2.05, 4.69) is 79.4 Å². The predicted octanol–water partition coefficient (Wildman–Crippen LogP) is 8.13. The molecule has 0 bridgehead atoms. The molecule has 0 amide bonds. The Labute approximate surface area is 166 Å². The molecule has 27 heavy (non-hydrogen) atoms. The number of hydrogen-bond donors (Lipinski definition) is 0. The van der Waals surface area contributed by atoms with Crippen LogP contribution in [0.2, 0.25) is 0 Å². The molecule has 1 unspecified atom stereocenters. The van der Waals surface area contributed by atoms with Crippen molar-refractivity contribution in [1.82, 2.24) is 0 Å². The standard InChI is InChI=1S/C26H37N/c1-3-14-23(19-13-22-26(2)20-11-6-12-21-26)27(24-15-7-4-8-16-24)25-17-9-5-10-18-25/h4-5,7-10,15-18,23H,3,6,11-14,19-22H2,1-2H3. The van der Waals surface area contributed by atoms with Gasteiger partial charge in [-0.15, -0.1) is 0 Å². The van der Waals surface area contributed by atoms with E-state index in [-0.39, 0.29) is 0 Å². The number of anilines is 2. The number of benzene rings is 2. The Hall–Kier alpha value is -1.76. The molecule has 2 aromatic carbocycles. The van der Waals surface area contributed by atoms with E-state index in [1.807, 2.05) is 0 Å². The van der Waals surface area contributed by atoms with Gasteiger partial charge in [-0.05, 0) is 61.8 Å². The zero-order valence-corrected chi connectivity index (χ0v) is 17.4. The highest BCUT2D eigenvalue weighted by atomic mass is 15.2. The summed E-state index contributed by atoms with van der Waals surface area (Å²) in [7, 11) is 0. The minimum absolute atomic E-state index is 0.576. The van der Waals surface area contributed by atoms with Gasteiger partial charge in [0, 0.05) is 17.4 Å². The zero-order chi connectivity index (χ0) is 19.0. The maximum atomic E-state index is 2.59. The van der Waals surface area contributed by atoms with Crippen LogP contribution in [0.15, 0.2) is 60.7 Å². The van der Waals surface area contributed by atoms with E-state index >= 15 is 0 Å². The molecule has 2 aromatic rings. The molecule has 0 spiro atoms. The fourth-order valence-corrected chi connectivity index (χ4v) is 4.90. The van der Waals surface area contributed by atoms with Gasteiger partial charge in [0.05, 0.1) is 0 Å². The molecular weight excluding hydrogens is 326 g/mol. The van der Waals surface area contributed by atoms with E-state index in [0.717, 1.165) is 0 Å². The first-order valence-electron chi connectivity index (χ1n) is 11.1. The molecule has 1 heteroatoms. The van der Waals surface area contributed by atoms with Crippen molar-refractivity contribution in [1.29, 1.82) is 0 Å². The quantitative estimate of drug-likeness (QED) is 0.434. The summed E-state index contributed by atoms with van der Waals surface area (Å²) in [6, 6.07) is 22.5. The van der Waals surface area contributed by atoms with E-state index in [9.17, 15) is 0 Å². The van der Waals surface area contributed by atoms with Crippen LogP contribution in [0, 0.1) is 5.41 Å². The molecule has 0 radical (unpaired) electrons. The van der Waals surface area contributed by atoms with E-state index in [4.69, 9.17) is 0 Å². The summed E-state index contributed by atoms with van der Waals surface area (Å²) in [6.07, 6.45) is 13.7. The Kier molecular flexibility index (Phi) is 7.38. The van der Waals surface area contributed by atoms with Gasteiger partial charge in [-0.25, -0.2) is 0 Å². The normalized spacial score (nSPS) is 17.4. The summed E-state index contributed by atoms with van der Waals surface area (Å²) >= 11 is 0. The number of nitrogens with zero attached hydrogens (tertiary/aromatic N) is 1. The average molecular weight is 364 g/mol. The molecule has 0 heterocycles. The molecule has 1 aliphatic rings. The van der Waals surface area contributed by atoms with Crippen LogP contribution >= 0.6 is 0 Å². The van der Waals surface area contributed by atoms with Crippen molar-refractivity contribution in [3.63, 3.8) is 0 Å². The number of hydrogen-bond acceptors (Lipinski definition) is 1.